The SMILES string of the molecule is NCc1ccc(C2CCC2)n(C2CC2)c1=O. The highest BCUT2D eigenvalue weighted by molar-refractivity contribution is 5.22. The van der Waals surface area contributed by atoms with Crippen LogP contribution in [-0.4, -0.2) is 4.57 Å². The van der Waals surface area contributed by atoms with Crippen molar-refractivity contribution in [1.29, 1.82) is 0 Å². The zero-order valence-corrected chi connectivity index (χ0v) is 9.48. The van der Waals surface area contributed by atoms with Gasteiger partial charge in [-0.15, -0.1) is 0 Å². The van der Waals surface area contributed by atoms with Crippen LogP contribution in [0.1, 0.15) is 55.3 Å². The minimum Gasteiger partial charge on any atom is -0.326 e. The summed E-state index contributed by atoms with van der Waals surface area (Å²) in [5.41, 5.74) is 7.78. The summed E-state index contributed by atoms with van der Waals surface area (Å²) in [6.07, 6.45) is 6.12. The van der Waals surface area contributed by atoms with Gasteiger partial charge in [0.15, 0.2) is 0 Å². The van der Waals surface area contributed by atoms with E-state index in [1.165, 1.54) is 25.0 Å². The highest BCUT2D eigenvalue weighted by atomic mass is 16.1. The lowest BCUT2D eigenvalue weighted by Crippen LogP contribution is -2.29. The Morgan fingerprint density at radius 3 is 2.50 bits per heavy atom. The van der Waals surface area contributed by atoms with Gasteiger partial charge >= 0.3 is 0 Å². The molecule has 2 fully saturated rings. The Morgan fingerprint density at radius 2 is 2.00 bits per heavy atom. The highest BCUT2D eigenvalue weighted by Gasteiger charge is 2.31. The van der Waals surface area contributed by atoms with E-state index in [-0.39, 0.29) is 5.56 Å². The fraction of sp³-hybridized carbons (Fsp3) is 0.615. The second-order valence-corrected chi connectivity index (χ2v) is 5.02. The molecule has 2 N–H and O–H groups in total. The van der Waals surface area contributed by atoms with Gasteiger partial charge in [-0.2, -0.15) is 0 Å². The fourth-order valence-corrected chi connectivity index (χ4v) is 2.51. The number of hydrogen-bond acceptors (Lipinski definition) is 2. The van der Waals surface area contributed by atoms with Gasteiger partial charge in [0.2, 0.25) is 0 Å². The molecule has 1 heterocycles. The van der Waals surface area contributed by atoms with Crippen LogP contribution in [0.2, 0.25) is 0 Å². The third-order valence-electron chi connectivity index (χ3n) is 3.88. The summed E-state index contributed by atoms with van der Waals surface area (Å²) in [7, 11) is 0. The second kappa shape index (κ2) is 3.74. The molecule has 3 heteroatoms. The van der Waals surface area contributed by atoms with E-state index in [1.54, 1.807) is 0 Å². The van der Waals surface area contributed by atoms with Crippen molar-refractivity contribution >= 4 is 0 Å². The first-order valence-corrected chi connectivity index (χ1v) is 6.25. The Bertz CT molecular complexity index is 455. The van der Waals surface area contributed by atoms with Crippen LogP contribution in [0.4, 0.5) is 0 Å². The quantitative estimate of drug-likeness (QED) is 0.842. The zero-order chi connectivity index (χ0) is 11.1. The summed E-state index contributed by atoms with van der Waals surface area (Å²) >= 11 is 0. The number of aromatic nitrogens is 1. The van der Waals surface area contributed by atoms with Crippen LogP contribution in [0.5, 0.6) is 0 Å². The number of nitrogens with zero attached hydrogens (tertiary/aromatic N) is 1. The first-order chi connectivity index (χ1) is 7.81. The molecule has 3 rings (SSSR count). The third kappa shape index (κ3) is 1.50. The zero-order valence-electron chi connectivity index (χ0n) is 9.48. The predicted molar refractivity (Wildman–Crippen MR) is 63.5 cm³/mol. The Balaban J connectivity index is 2.09. The molecule has 0 bridgehead atoms. The lowest BCUT2D eigenvalue weighted by Gasteiger charge is -2.28. The van der Waals surface area contributed by atoms with Gasteiger partial charge in [-0.05, 0) is 37.7 Å². The molecule has 0 spiro atoms. The largest absolute Gasteiger partial charge is 0.326 e. The van der Waals surface area contributed by atoms with Crippen LogP contribution in [0.25, 0.3) is 0 Å². The normalized spacial score (nSPS) is 20.8. The Morgan fingerprint density at radius 1 is 1.25 bits per heavy atom. The maximum absolute atomic E-state index is 12.2. The minimum absolute atomic E-state index is 0.161. The van der Waals surface area contributed by atoms with E-state index in [0.717, 1.165) is 18.4 Å². The summed E-state index contributed by atoms with van der Waals surface area (Å²) in [6, 6.07) is 4.52. The topological polar surface area (TPSA) is 48.0 Å². The summed E-state index contributed by atoms with van der Waals surface area (Å²) in [6.45, 7) is 0.358. The molecule has 0 atom stereocenters. The van der Waals surface area contributed by atoms with Gasteiger partial charge in [0, 0.05) is 23.8 Å². The van der Waals surface area contributed by atoms with E-state index in [1.807, 2.05) is 10.6 Å². The van der Waals surface area contributed by atoms with Crippen LogP contribution in [-0.2, 0) is 6.54 Å². The number of pyridine rings is 1. The first-order valence-electron chi connectivity index (χ1n) is 6.25. The molecule has 0 aromatic carbocycles. The van der Waals surface area contributed by atoms with Crippen LogP contribution in [0.15, 0.2) is 16.9 Å². The highest BCUT2D eigenvalue weighted by Crippen LogP contribution is 2.41. The molecule has 2 aliphatic carbocycles. The summed E-state index contributed by atoms with van der Waals surface area (Å²) in [4.78, 5) is 12.2. The van der Waals surface area contributed by atoms with E-state index in [9.17, 15) is 4.79 Å². The molecule has 0 amide bonds. The smallest absolute Gasteiger partial charge is 0.255 e. The molecule has 2 aliphatic rings. The molecule has 2 saturated carbocycles. The van der Waals surface area contributed by atoms with Crippen molar-refractivity contribution in [2.75, 3.05) is 0 Å². The average molecular weight is 218 g/mol. The summed E-state index contributed by atoms with van der Waals surface area (Å²) < 4.78 is 2.03. The minimum atomic E-state index is 0.161. The molecule has 16 heavy (non-hydrogen) atoms. The van der Waals surface area contributed by atoms with Gasteiger partial charge in [-0.1, -0.05) is 12.5 Å². The van der Waals surface area contributed by atoms with E-state index < -0.39 is 0 Å². The van der Waals surface area contributed by atoms with Crippen molar-refractivity contribution in [3.05, 3.63) is 33.7 Å². The molecule has 0 radical (unpaired) electrons. The molecule has 0 saturated heterocycles. The van der Waals surface area contributed by atoms with Crippen LogP contribution >= 0.6 is 0 Å². The van der Waals surface area contributed by atoms with Gasteiger partial charge in [0.05, 0.1) is 0 Å². The molecule has 1 aromatic rings. The molecule has 3 nitrogen and oxygen atoms in total. The van der Waals surface area contributed by atoms with E-state index in [0.29, 0.717) is 18.5 Å². The van der Waals surface area contributed by atoms with Crippen LogP contribution in [0.3, 0.4) is 0 Å². The molecular formula is C13H18N2O. The maximum Gasteiger partial charge on any atom is 0.255 e. The number of rotatable bonds is 3. The average Bonchev–Trinajstić information content (AvgIpc) is 2.99. The van der Waals surface area contributed by atoms with Gasteiger partial charge in [0.25, 0.3) is 5.56 Å². The number of nitrogens with two attached hydrogens (primary N) is 1. The van der Waals surface area contributed by atoms with Gasteiger partial charge < -0.3 is 10.3 Å². The van der Waals surface area contributed by atoms with Crippen molar-refractivity contribution in [3.8, 4) is 0 Å². The van der Waals surface area contributed by atoms with Crippen molar-refractivity contribution < 1.29 is 0 Å². The molecule has 0 aliphatic heterocycles. The van der Waals surface area contributed by atoms with E-state index in [4.69, 9.17) is 5.73 Å². The van der Waals surface area contributed by atoms with E-state index in [2.05, 4.69) is 6.07 Å². The van der Waals surface area contributed by atoms with Crippen LogP contribution < -0.4 is 11.3 Å². The standard InChI is InChI=1S/C13H18N2O/c14-8-10-4-7-12(9-2-1-3-9)15(13(10)16)11-5-6-11/h4,7,9,11H,1-3,5-6,8,14H2. The Kier molecular flexibility index (Phi) is 2.36. The van der Waals surface area contributed by atoms with Gasteiger partial charge in [0.1, 0.15) is 0 Å². The van der Waals surface area contributed by atoms with Crippen molar-refractivity contribution in [2.24, 2.45) is 5.73 Å². The fourth-order valence-electron chi connectivity index (χ4n) is 2.51. The van der Waals surface area contributed by atoms with Crippen molar-refractivity contribution in [2.45, 2.75) is 50.6 Å². The molecule has 1 aromatic heterocycles. The Labute approximate surface area is 95.3 Å². The summed E-state index contributed by atoms with van der Waals surface area (Å²) in [5, 5.41) is 0. The lowest BCUT2D eigenvalue weighted by molar-refractivity contribution is 0.391. The summed E-state index contributed by atoms with van der Waals surface area (Å²) in [5.74, 6) is 0.625. The monoisotopic (exact) mass is 218 g/mol. The molecule has 86 valence electrons. The van der Waals surface area contributed by atoms with Gasteiger partial charge in [-0.25, -0.2) is 0 Å². The van der Waals surface area contributed by atoms with Crippen molar-refractivity contribution in [3.63, 3.8) is 0 Å². The van der Waals surface area contributed by atoms with E-state index >= 15 is 0 Å². The first kappa shape index (κ1) is 10.1. The molecular weight excluding hydrogens is 200 g/mol. The second-order valence-electron chi connectivity index (χ2n) is 5.02. The third-order valence-corrected chi connectivity index (χ3v) is 3.88. The maximum atomic E-state index is 12.2. The Hall–Kier alpha value is -1.09. The lowest BCUT2D eigenvalue weighted by atomic mass is 9.82. The predicted octanol–water partition coefficient (Wildman–Crippen LogP) is 1.91. The number of hydrogen-bond donors (Lipinski definition) is 1. The molecule has 0 unspecified atom stereocenters. The van der Waals surface area contributed by atoms with Gasteiger partial charge in [-0.3, -0.25) is 4.79 Å². The van der Waals surface area contributed by atoms with Crippen molar-refractivity contribution in [1.82, 2.24) is 4.57 Å². The van der Waals surface area contributed by atoms with Crippen LogP contribution in [0, 0.1) is 0 Å².